The zero-order chi connectivity index (χ0) is 10.8. The topological polar surface area (TPSA) is 83.6 Å². The van der Waals surface area contributed by atoms with Crippen molar-refractivity contribution in [1.82, 2.24) is 4.31 Å². The Morgan fingerprint density at radius 2 is 2.21 bits per heavy atom. The van der Waals surface area contributed by atoms with Crippen LogP contribution >= 0.6 is 0 Å². The molecule has 1 heterocycles. The Morgan fingerprint density at radius 3 is 2.71 bits per heavy atom. The molecule has 0 radical (unpaired) electrons. The van der Waals surface area contributed by atoms with Crippen molar-refractivity contribution in [2.45, 2.75) is 19.4 Å². The number of sulfonamides is 1. The highest BCUT2D eigenvalue weighted by molar-refractivity contribution is 7.89. The normalized spacial score (nSPS) is 29.6. The van der Waals surface area contributed by atoms with Crippen LogP contribution in [-0.4, -0.2) is 49.3 Å². The van der Waals surface area contributed by atoms with Crippen LogP contribution in [0.1, 0.15) is 13.3 Å². The Bertz CT molecular complexity index is 278. The minimum absolute atomic E-state index is 0.0315. The Balaban J connectivity index is 2.78. The number of nitrogens with two attached hydrogens (primary N) is 1. The van der Waals surface area contributed by atoms with Crippen LogP contribution in [0.5, 0.6) is 0 Å². The first-order chi connectivity index (χ1) is 6.53. The molecule has 3 N–H and O–H groups in total. The molecule has 84 valence electrons. The monoisotopic (exact) mass is 222 g/mol. The summed E-state index contributed by atoms with van der Waals surface area (Å²) in [6, 6.07) is -0.258. The van der Waals surface area contributed by atoms with Crippen molar-refractivity contribution < 1.29 is 13.5 Å². The SMILES string of the molecule is CC1CCN(S(=O)(=O)CCN)C1CO. The maximum absolute atomic E-state index is 11.7. The average molecular weight is 222 g/mol. The summed E-state index contributed by atoms with van der Waals surface area (Å²) in [5.41, 5.74) is 5.24. The van der Waals surface area contributed by atoms with Gasteiger partial charge in [-0.25, -0.2) is 8.42 Å². The highest BCUT2D eigenvalue weighted by atomic mass is 32.2. The minimum atomic E-state index is -3.26. The number of nitrogens with zero attached hydrogens (tertiary/aromatic N) is 1. The molecule has 1 aliphatic heterocycles. The van der Waals surface area contributed by atoms with Gasteiger partial charge in [0.15, 0.2) is 0 Å². The molecule has 0 aromatic rings. The molecule has 14 heavy (non-hydrogen) atoms. The van der Waals surface area contributed by atoms with Crippen LogP contribution < -0.4 is 5.73 Å². The van der Waals surface area contributed by atoms with Crippen molar-refractivity contribution in [2.75, 3.05) is 25.4 Å². The highest BCUT2D eigenvalue weighted by Gasteiger charge is 2.37. The van der Waals surface area contributed by atoms with E-state index in [9.17, 15) is 8.42 Å². The van der Waals surface area contributed by atoms with Crippen molar-refractivity contribution in [1.29, 1.82) is 0 Å². The van der Waals surface area contributed by atoms with Crippen molar-refractivity contribution in [3.05, 3.63) is 0 Å². The minimum Gasteiger partial charge on any atom is -0.395 e. The molecule has 0 amide bonds. The average Bonchev–Trinajstić information content (AvgIpc) is 2.47. The second kappa shape index (κ2) is 4.57. The summed E-state index contributed by atoms with van der Waals surface area (Å²) in [6.07, 6.45) is 0.815. The fourth-order valence-corrected chi connectivity index (χ4v) is 3.46. The van der Waals surface area contributed by atoms with Crippen molar-refractivity contribution >= 4 is 10.0 Å². The summed E-state index contributed by atoms with van der Waals surface area (Å²) in [5, 5.41) is 9.10. The molecule has 1 aliphatic rings. The standard InChI is InChI=1S/C8H18N2O3S/c1-7-2-4-10(8(7)6-11)14(12,13)5-3-9/h7-8,11H,2-6,9H2,1H3. The number of rotatable bonds is 4. The van der Waals surface area contributed by atoms with Gasteiger partial charge in [-0.2, -0.15) is 4.31 Å². The van der Waals surface area contributed by atoms with Gasteiger partial charge in [-0.15, -0.1) is 0 Å². The zero-order valence-electron chi connectivity index (χ0n) is 8.39. The van der Waals surface area contributed by atoms with Gasteiger partial charge in [0.05, 0.1) is 18.4 Å². The van der Waals surface area contributed by atoms with Gasteiger partial charge >= 0.3 is 0 Å². The third-order valence-electron chi connectivity index (χ3n) is 2.75. The van der Waals surface area contributed by atoms with Gasteiger partial charge in [-0.3, -0.25) is 0 Å². The highest BCUT2D eigenvalue weighted by Crippen LogP contribution is 2.26. The van der Waals surface area contributed by atoms with Crippen LogP contribution in [0.3, 0.4) is 0 Å². The third-order valence-corrected chi connectivity index (χ3v) is 4.67. The maximum Gasteiger partial charge on any atom is 0.215 e. The van der Waals surface area contributed by atoms with E-state index in [1.165, 1.54) is 4.31 Å². The third kappa shape index (κ3) is 2.25. The molecule has 0 saturated carbocycles. The number of hydrogen-bond acceptors (Lipinski definition) is 4. The number of aliphatic hydroxyl groups excluding tert-OH is 1. The molecule has 6 heteroatoms. The first-order valence-electron chi connectivity index (χ1n) is 4.83. The first kappa shape index (κ1) is 11.9. The molecule has 2 atom stereocenters. The molecule has 0 spiro atoms. The summed E-state index contributed by atoms with van der Waals surface area (Å²) in [7, 11) is -3.26. The lowest BCUT2D eigenvalue weighted by molar-refractivity contribution is 0.191. The lowest BCUT2D eigenvalue weighted by Crippen LogP contribution is -2.42. The predicted octanol–water partition coefficient (Wildman–Crippen LogP) is -1.02. The van der Waals surface area contributed by atoms with Crippen LogP contribution in [0, 0.1) is 5.92 Å². The van der Waals surface area contributed by atoms with Crippen molar-refractivity contribution in [3.8, 4) is 0 Å². The molecule has 0 bridgehead atoms. The molecular formula is C8H18N2O3S. The lowest BCUT2D eigenvalue weighted by atomic mass is 10.0. The molecule has 0 aromatic heterocycles. The fraction of sp³-hybridized carbons (Fsp3) is 1.00. The summed E-state index contributed by atoms with van der Waals surface area (Å²) in [4.78, 5) is 0. The van der Waals surface area contributed by atoms with Gasteiger partial charge in [0.1, 0.15) is 0 Å². The lowest BCUT2D eigenvalue weighted by Gasteiger charge is -2.24. The summed E-state index contributed by atoms with van der Waals surface area (Å²) >= 11 is 0. The van der Waals surface area contributed by atoms with Crippen LogP contribution in [0.4, 0.5) is 0 Å². The van der Waals surface area contributed by atoms with E-state index in [0.717, 1.165) is 6.42 Å². The van der Waals surface area contributed by atoms with E-state index in [4.69, 9.17) is 10.8 Å². The predicted molar refractivity (Wildman–Crippen MR) is 54.2 cm³/mol. The van der Waals surface area contributed by atoms with Crippen LogP contribution in [0.25, 0.3) is 0 Å². The van der Waals surface area contributed by atoms with Crippen molar-refractivity contribution in [3.63, 3.8) is 0 Å². The van der Waals surface area contributed by atoms with E-state index in [2.05, 4.69) is 0 Å². The van der Waals surface area contributed by atoms with Crippen LogP contribution in [0.15, 0.2) is 0 Å². The van der Waals surface area contributed by atoms with E-state index in [0.29, 0.717) is 6.54 Å². The van der Waals surface area contributed by atoms with E-state index in [1.807, 2.05) is 6.92 Å². The Kier molecular flexibility index (Phi) is 3.88. The summed E-state index contributed by atoms with van der Waals surface area (Å²) in [5.74, 6) is 0.198. The zero-order valence-corrected chi connectivity index (χ0v) is 9.20. The maximum atomic E-state index is 11.7. The molecular weight excluding hydrogens is 204 g/mol. The Hall–Kier alpha value is -0.170. The van der Waals surface area contributed by atoms with E-state index < -0.39 is 10.0 Å². The first-order valence-corrected chi connectivity index (χ1v) is 6.44. The molecule has 1 rings (SSSR count). The van der Waals surface area contributed by atoms with Crippen LogP contribution in [-0.2, 0) is 10.0 Å². The molecule has 1 saturated heterocycles. The second-order valence-corrected chi connectivity index (χ2v) is 5.77. The Morgan fingerprint density at radius 1 is 1.57 bits per heavy atom. The number of aliphatic hydroxyl groups is 1. The molecule has 0 aromatic carbocycles. The van der Waals surface area contributed by atoms with E-state index >= 15 is 0 Å². The Labute approximate surface area is 84.9 Å². The molecule has 0 aliphatic carbocycles. The summed E-state index contributed by atoms with van der Waals surface area (Å²) in [6.45, 7) is 2.49. The molecule has 1 fully saturated rings. The van der Waals surface area contributed by atoms with Crippen LogP contribution in [0.2, 0.25) is 0 Å². The second-order valence-electron chi connectivity index (χ2n) is 3.73. The van der Waals surface area contributed by atoms with Gasteiger partial charge in [0.2, 0.25) is 10.0 Å². The van der Waals surface area contributed by atoms with Gasteiger partial charge in [0.25, 0.3) is 0 Å². The van der Waals surface area contributed by atoms with E-state index in [-0.39, 0.29) is 30.9 Å². The molecule has 2 unspecified atom stereocenters. The fourth-order valence-electron chi connectivity index (χ4n) is 1.86. The van der Waals surface area contributed by atoms with E-state index in [1.54, 1.807) is 0 Å². The van der Waals surface area contributed by atoms with Gasteiger partial charge < -0.3 is 10.8 Å². The quantitative estimate of drug-likeness (QED) is 0.637. The smallest absolute Gasteiger partial charge is 0.215 e. The van der Waals surface area contributed by atoms with Gasteiger partial charge in [-0.05, 0) is 12.3 Å². The van der Waals surface area contributed by atoms with Crippen molar-refractivity contribution in [2.24, 2.45) is 11.7 Å². The van der Waals surface area contributed by atoms with Gasteiger partial charge in [-0.1, -0.05) is 6.92 Å². The summed E-state index contributed by atoms with van der Waals surface area (Å²) < 4.78 is 24.8. The van der Waals surface area contributed by atoms with Gasteiger partial charge in [0, 0.05) is 13.1 Å². The largest absolute Gasteiger partial charge is 0.395 e. The number of hydrogen-bond donors (Lipinski definition) is 2. The molecule has 5 nitrogen and oxygen atoms in total.